The third-order valence-electron chi connectivity index (χ3n) is 3.43. The van der Waals surface area contributed by atoms with Crippen LogP contribution < -0.4 is 11.1 Å². The highest BCUT2D eigenvalue weighted by Crippen LogP contribution is 2.22. The van der Waals surface area contributed by atoms with Gasteiger partial charge in [-0.15, -0.1) is 0 Å². The number of fused-ring (bicyclic) bond motifs is 1. The number of hydrogen-bond acceptors (Lipinski definition) is 6. The minimum absolute atomic E-state index is 0.120. The third kappa shape index (κ3) is 2.62. The van der Waals surface area contributed by atoms with E-state index in [0.29, 0.717) is 5.06 Å². The molecule has 0 fully saturated rings. The average molecular weight is 329 g/mol. The predicted molar refractivity (Wildman–Crippen MR) is 79.0 cm³/mol. The van der Waals surface area contributed by atoms with E-state index in [1.165, 1.54) is 24.5 Å². The topological polar surface area (TPSA) is 119 Å². The third-order valence-corrected chi connectivity index (χ3v) is 3.43. The molecule has 0 atom stereocenters. The van der Waals surface area contributed by atoms with Gasteiger partial charge in [-0.2, -0.15) is 0 Å². The molecule has 0 bridgehead atoms. The van der Waals surface area contributed by atoms with E-state index in [1.807, 2.05) is 0 Å². The number of imide groups is 1. The van der Waals surface area contributed by atoms with Crippen LogP contribution in [-0.4, -0.2) is 32.4 Å². The second kappa shape index (κ2) is 5.95. The number of amides is 2. The number of hydrogen-bond donors (Lipinski definition) is 1. The zero-order valence-electron chi connectivity index (χ0n) is 12.2. The Morgan fingerprint density at radius 3 is 2.29 bits per heavy atom. The van der Waals surface area contributed by atoms with Crippen molar-refractivity contribution in [2.45, 2.75) is 13.0 Å². The van der Waals surface area contributed by atoms with Crippen molar-refractivity contribution in [3.63, 3.8) is 0 Å². The lowest BCUT2D eigenvalue weighted by atomic mass is 10.1. The molecule has 2 heterocycles. The van der Waals surface area contributed by atoms with E-state index >= 15 is 0 Å². The van der Waals surface area contributed by atoms with Gasteiger partial charge in [0, 0.05) is 18.9 Å². The molecule has 122 valence electrons. The number of aryl methyl sites for hydroxylation is 1. The fraction of sp³-hybridized carbons (Fsp3) is 0.133. The van der Waals surface area contributed by atoms with Crippen molar-refractivity contribution in [3.05, 3.63) is 68.5 Å². The van der Waals surface area contributed by atoms with E-state index in [-0.39, 0.29) is 24.1 Å². The van der Waals surface area contributed by atoms with Crippen molar-refractivity contribution < 1.29 is 19.2 Å². The number of rotatable bonds is 4. The molecular weight excluding hydrogens is 318 g/mol. The quantitative estimate of drug-likeness (QED) is 0.606. The van der Waals surface area contributed by atoms with Crippen molar-refractivity contribution in [2.75, 3.05) is 0 Å². The molecule has 2 aromatic rings. The maximum absolute atomic E-state index is 12.0. The molecule has 2 amide bonds. The van der Waals surface area contributed by atoms with Gasteiger partial charge in [0.25, 0.3) is 11.8 Å². The fourth-order valence-corrected chi connectivity index (χ4v) is 2.25. The van der Waals surface area contributed by atoms with Gasteiger partial charge >= 0.3 is 17.1 Å². The second-order valence-electron chi connectivity index (χ2n) is 4.95. The van der Waals surface area contributed by atoms with Crippen molar-refractivity contribution in [3.8, 4) is 0 Å². The highest BCUT2D eigenvalue weighted by molar-refractivity contribution is 6.20. The van der Waals surface area contributed by atoms with Crippen LogP contribution in [0.2, 0.25) is 0 Å². The first-order chi connectivity index (χ1) is 11.5. The molecule has 9 heteroatoms. The molecular formula is C15H11N3O6. The molecule has 0 saturated carbocycles. The average Bonchev–Trinajstić information content (AvgIpc) is 2.82. The van der Waals surface area contributed by atoms with Gasteiger partial charge in [-0.25, -0.2) is 4.79 Å². The van der Waals surface area contributed by atoms with Crippen LogP contribution in [0, 0.1) is 0 Å². The van der Waals surface area contributed by atoms with Crippen LogP contribution in [0.25, 0.3) is 0 Å². The largest absolute Gasteiger partial charge is 0.335 e. The zero-order chi connectivity index (χ0) is 17.3. The van der Waals surface area contributed by atoms with Crippen LogP contribution in [0.4, 0.5) is 0 Å². The van der Waals surface area contributed by atoms with E-state index in [1.54, 1.807) is 12.1 Å². The Kier molecular flexibility index (Phi) is 3.82. The smallest absolute Gasteiger partial charge is 0.330 e. The second-order valence-corrected chi connectivity index (χ2v) is 4.95. The molecule has 1 aliphatic heterocycles. The van der Waals surface area contributed by atoms with E-state index in [4.69, 9.17) is 4.84 Å². The summed E-state index contributed by atoms with van der Waals surface area (Å²) in [5, 5.41) is 0.396. The minimum atomic E-state index is -0.878. The summed E-state index contributed by atoms with van der Waals surface area (Å²) >= 11 is 0. The Bertz CT molecular complexity index is 923. The maximum atomic E-state index is 12.0. The molecule has 1 aromatic heterocycles. The Balaban J connectivity index is 1.67. The van der Waals surface area contributed by atoms with Crippen LogP contribution >= 0.6 is 0 Å². The molecule has 1 N–H and O–H groups in total. The number of nitrogens with one attached hydrogen (secondary N) is 1. The summed E-state index contributed by atoms with van der Waals surface area (Å²) in [5.41, 5.74) is -1.32. The lowest BCUT2D eigenvalue weighted by Crippen LogP contribution is -2.36. The lowest BCUT2D eigenvalue weighted by Gasteiger charge is -2.12. The first kappa shape index (κ1) is 15.4. The van der Waals surface area contributed by atoms with Crippen LogP contribution in [0.3, 0.4) is 0 Å². The number of aromatic nitrogens is 2. The fourth-order valence-electron chi connectivity index (χ4n) is 2.25. The zero-order valence-corrected chi connectivity index (χ0v) is 12.2. The molecule has 1 aliphatic rings. The van der Waals surface area contributed by atoms with E-state index < -0.39 is 28.9 Å². The molecule has 3 rings (SSSR count). The number of hydroxylamine groups is 2. The van der Waals surface area contributed by atoms with Gasteiger partial charge in [0.2, 0.25) is 0 Å². The highest BCUT2D eigenvalue weighted by atomic mass is 16.7. The van der Waals surface area contributed by atoms with Gasteiger partial charge in [0.15, 0.2) is 0 Å². The molecule has 0 aliphatic carbocycles. The Labute approximate surface area is 134 Å². The van der Waals surface area contributed by atoms with Gasteiger partial charge in [0.1, 0.15) is 0 Å². The Morgan fingerprint density at radius 1 is 1.04 bits per heavy atom. The summed E-state index contributed by atoms with van der Waals surface area (Å²) in [7, 11) is 0. The van der Waals surface area contributed by atoms with E-state index in [2.05, 4.69) is 4.98 Å². The normalized spacial score (nSPS) is 13.1. The van der Waals surface area contributed by atoms with Gasteiger partial charge < -0.3 is 14.4 Å². The SMILES string of the molecule is O=C(CCn1cc[nH]c(=O)c1=O)ON1C(=O)c2ccccc2C1=O. The van der Waals surface area contributed by atoms with Crippen LogP contribution in [0.5, 0.6) is 0 Å². The van der Waals surface area contributed by atoms with Gasteiger partial charge in [0.05, 0.1) is 17.5 Å². The van der Waals surface area contributed by atoms with E-state index in [9.17, 15) is 24.0 Å². The molecule has 0 unspecified atom stereocenters. The molecule has 0 radical (unpaired) electrons. The van der Waals surface area contributed by atoms with Crippen molar-refractivity contribution >= 4 is 17.8 Å². The molecule has 9 nitrogen and oxygen atoms in total. The molecule has 0 saturated heterocycles. The number of nitrogens with zero attached hydrogens (tertiary/aromatic N) is 2. The van der Waals surface area contributed by atoms with Crippen LogP contribution in [0.1, 0.15) is 27.1 Å². The summed E-state index contributed by atoms with van der Waals surface area (Å²) < 4.78 is 1.03. The monoisotopic (exact) mass is 329 g/mol. The standard InChI is InChI=1S/C15H11N3O6/c19-11(5-7-17-8-6-16-12(20)15(17)23)24-18-13(21)9-3-1-2-4-10(9)14(18)22/h1-4,6,8H,5,7H2,(H,16,20). The number of carbonyl (C=O) groups excluding carboxylic acids is 3. The Hall–Kier alpha value is -3.49. The first-order valence-electron chi connectivity index (χ1n) is 6.96. The summed E-state index contributed by atoms with van der Waals surface area (Å²) in [6, 6.07) is 6.10. The van der Waals surface area contributed by atoms with E-state index in [0.717, 1.165) is 4.57 Å². The number of benzene rings is 1. The first-order valence-corrected chi connectivity index (χ1v) is 6.96. The summed E-state index contributed by atoms with van der Waals surface area (Å²) in [4.78, 5) is 65.6. The number of H-pyrrole nitrogens is 1. The van der Waals surface area contributed by atoms with Gasteiger partial charge in [-0.1, -0.05) is 17.2 Å². The van der Waals surface area contributed by atoms with Crippen LogP contribution in [0.15, 0.2) is 46.2 Å². The number of aromatic amines is 1. The van der Waals surface area contributed by atoms with Crippen LogP contribution in [-0.2, 0) is 16.2 Å². The van der Waals surface area contributed by atoms with Crippen molar-refractivity contribution in [1.29, 1.82) is 0 Å². The molecule has 24 heavy (non-hydrogen) atoms. The Morgan fingerprint density at radius 2 is 1.67 bits per heavy atom. The van der Waals surface area contributed by atoms with Gasteiger partial charge in [-0.05, 0) is 12.1 Å². The maximum Gasteiger partial charge on any atom is 0.335 e. The van der Waals surface area contributed by atoms with Crippen molar-refractivity contribution in [1.82, 2.24) is 14.6 Å². The minimum Gasteiger partial charge on any atom is -0.330 e. The van der Waals surface area contributed by atoms with Crippen molar-refractivity contribution in [2.24, 2.45) is 0 Å². The molecule has 0 spiro atoms. The lowest BCUT2D eigenvalue weighted by molar-refractivity contribution is -0.168. The van der Waals surface area contributed by atoms with Gasteiger partial charge in [-0.3, -0.25) is 19.2 Å². The summed E-state index contributed by atoms with van der Waals surface area (Å²) in [5.74, 6) is -2.33. The predicted octanol–water partition coefficient (Wildman–Crippen LogP) is -0.319. The summed E-state index contributed by atoms with van der Waals surface area (Å²) in [6.07, 6.45) is 2.27. The number of carbonyl (C=O) groups is 3. The summed E-state index contributed by atoms with van der Waals surface area (Å²) in [6.45, 7) is -0.120. The highest BCUT2D eigenvalue weighted by Gasteiger charge is 2.38. The molecule has 1 aromatic carbocycles.